The minimum absolute atomic E-state index is 0.515. The Kier molecular flexibility index (Phi) is 3.18. The van der Waals surface area contributed by atoms with Gasteiger partial charge in [0.25, 0.3) is 6.01 Å². The third-order valence-corrected chi connectivity index (χ3v) is 2.91. The standard InChI is InChI=1S/C14H18N2O/c1-9(2)11-6-5-10(3)12(7-11)13-8-16-14(15-4)17-13/h5-9H,1-4H3,(H,15,16). The summed E-state index contributed by atoms with van der Waals surface area (Å²) >= 11 is 0. The summed E-state index contributed by atoms with van der Waals surface area (Å²) in [5.41, 5.74) is 3.63. The molecule has 0 radical (unpaired) electrons. The molecule has 0 aliphatic carbocycles. The van der Waals surface area contributed by atoms with E-state index in [2.05, 4.69) is 49.3 Å². The largest absolute Gasteiger partial charge is 0.424 e. The van der Waals surface area contributed by atoms with Crippen LogP contribution in [0.15, 0.2) is 28.8 Å². The van der Waals surface area contributed by atoms with Crippen molar-refractivity contribution in [2.75, 3.05) is 12.4 Å². The first kappa shape index (κ1) is 11.7. The molecule has 3 nitrogen and oxygen atoms in total. The fourth-order valence-corrected chi connectivity index (χ4v) is 1.78. The Morgan fingerprint density at radius 2 is 2.06 bits per heavy atom. The average molecular weight is 230 g/mol. The first-order valence-electron chi connectivity index (χ1n) is 5.86. The fourth-order valence-electron chi connectivity index (χ4n) is 1.78. The number of benzene rings is 1. The second-order valence-electron chi connectivity index (χ2n) is 4.51. The molecule has 3 heteroatoms. The topological polar surface area (TPSA) is 38.1 Å². The lowest BCUT2D eigenvalue weighted by Crippen LogP contribution is -1.90. The summed E-state index contributed by atoms with van der Waals surface area (Å²) in [7, 11) is 1.80. The van der Waals surface area contributed by atoms with Gasteiger partial charge in [-0.05, 0) is 30.0 Å². The summed E-state index contributed by atoms with van der Waals surface area (Å²) in [5.74, 6) is 1.33. The smallest absolute Gasteiger partial charge is 0.294 e. The van der Waals surface area contributed by atoms with Crippen molar-refractivity contribution in [2.24, 2.45) is 0 Å². The van der Waals surface area contributed by atoms with Crippen LogP contribution in [0.3, 0.4) is 0 Å². The van der Waals surface area contributed by atoms with Gasteiger partial charge < -0.3 is 9.73 Å². The van der Waals surface area contributed by atoms with E-state index in [9.17, 15) is 0 Å². The molecular formula is C14H18N2O. The van der Waals surface area contributed by atoms with Gasteiger partial charge in [0.05, 0.1) is 6.20 Å². The molecule has 0 unspecified atom stereocenters. The van der Waals surface area contributed by atoms with E-state index >= 15 is 0 Å². The third-order valence-electron chi connectivity index (χ3n) is 2.91. The molecule has 0 saturated heterocycles. The van der Waals surface area contributed by atoms with Gasteiger partial charge in [0.15, 0.2) is 5.76 Å². The van der Waals surface area contributed by atoms with Crippen molar-refractivity contribution in [2.45, 2.75) is 26.7 Å². The predicted molar refractivity (Wildman–Crippen MR) is 70.3 cm³/mol. The summed E-state index contributed by atoms with van der Waals surface area (Å²) in [6.07, 6.45) is 1.76. The first-order valence-corrected chi connectivity index (χ1v) is 5.86. The van der Waals surface area contributed by atoms with E-state index in [1.165, 1.54) is 11.1 Å². The second kappa shape index (κ2) is 4.62. The maximum absolute atomic E-state index is 5.61. The molecule has 1 N–H and O–H groups in total. The second-order valence-corrected chi connectivity index (χ2v) is 4.51. The number of anilines is 1. The van der Waals surface area contributed by atoms with Crippen molar-refractivity contribution in [1.82, 2.24) is 4.98 Å². The minimum atomic E-state index is 0.515. The summed E-state index contributed by atoms with van der Waals surface area (Å²) < 4.78 is 5.61. The van der Waals surface area contributed by atoms with Crippen molar-refractivity contribution in [3.8, 4) is 11.3 Å². The van der Waals surface area contributed by atoms with Crippen molar-refractivity contribution in [3.63, 3.8) is 0 Å². The zero-order valence-corrected chi connectivity index (χ0v) is 10.7. The monoisotopic (exact) mass is 230 g/mol. The molecule has 2 aromatic rings. The SMILES string of the molecule is CNc1ncc(-c2cc(C(C)C)ccc2C)o1. The quantitative estimate of drug-likeness (QED) is 0.871. The van der Waals surface area contributed by atoms with Crippen LogP contribution in [0.4, 0.5) is 6.01 Å². The van der Waals surface area contributed by atoms with Crippen LogP contribution in [0.25, 0.3) is 11.3 Å². The van der Waals surface area contributed by atoms with Crippen LogP contribution in [0.2, 0.25) is 0 Å². The highest BCUT2D eigenvalue weighted by Crippen LogP contribution is 2.28. The van der Waals surface area contributed by atoms with Gasteiger partial charge in [-0.1, -0.05) is 26.0 Å². The number of aryl methyl sites for hydroxylation is 1. The minimum Gasteiger partial charge on any atom is -0.424 e. The van der Waals surface area contributed by atoms with Crippen LogP contribution in [0, 0.1) is 6.92 Å². The average Bonchev–Trinajstić information content (AvgIpc) is 2.77. The number of nitrogens with zero attached hydrogens (tertiary/aromatic N) is 1. The Balaban J connectivity index is 2.46. The molecule has 17 heavy (non-hydrogen) atoms. The van der Waals surface area contributed by atoms with Gasteiger partial charge in [0.2, 0.25) is 0 Å². The highest BCUT2D eigenvalue weighted by Gasteiger charge is 2.10. The van der Waals surface area contributed by atoms with Crippen LogP contribution >= 0.6 is 0 Å². The Bertz CT molecular complexity index is 515. The molecule has 0 saturated carbocycles. The van der Waals surface area contributed by atoms with Crippen LogP contribution in [0.5, 0.6) is 0 Å². The van der Waals surface area contributed by atoms with E-state index in [0.29, 0.717) is 11.9 Å². The number of oxazole rings is 1. The lowest BCUT2D eigenvalue weighted by molar-refractivity contribution is 0.589. The summed E-state index contributed by atoms with van der Waals surface area (Å²) in [5, 5.41) is 2.90. The van der Waals surface area contributed by atoms with E-state index in [1.54, 1.807) is 13.2 Å². The maximum Gasteiger partial charge on any atom is 0.294 e. The highest BCUT2D eigenvalue weighted by atomic mass is 16.4. The van der Waals surface area contributed by atoms with Crippen molar-refractivity contribution < 1.29 is 4.42 Å². The van der Waals surface area contributed by atoms with Crippen LogP contribution in [-0.2, 0) is 0 Å². The molecule has 1 heterocycles. The Morgan fingerprint density at radius 3 is 2.65 bits per heavy atom. The molecule has 0 fully saturated rings. The molecule has 1 aromatic carbocycles. The van der Waals surface area contributed by atoms with Crippen LogP contribution in [-0.4, -0.2) is 12.0 Å². The molecule has 0 aliphatic heterocycles. The fraction of sp³-hybridized carbons (Fsp3) is 0.357. The molecule has 1 aromatic heterocycles. The Morgan fingerprint density at radius 1 is 1.29 bits per heavy atom. The molecule has 2 rings (SSSR count). The lowest BCUT2D eigenvalue weighted by atomic mass is 9.97. The number of rotatable bonds is 3. The maximum atomic E-state index is 5.61. The van der Waals surface area contributed by atoms with E-state index in [0.717, 1.165) is 11.3 Å². The number of nitrogens with one attached hydrogen (secondary N) is 1. The molecule has 0 spiro atoms. The summed E-state index contributed by atoms with van der Waals surface area (Å²) in [6.45, 7) is 6.46. The summed E-state index contributed by atoms with van der Waals surface area (Å²) in [4.78, 5) is 4.15. The van der Waals surface area contributed by atoms with Crippen molar-refractivity contribution in [3.05, 3.63) is 35.5 Å². The predicted octanol–water partition coefficient (Wildman–Crippen LogP) is 3.82. The van der Waals surface area contributed by atoms with Crippen LogP contribution in [0.1, 0.15) is 30.9 Å². The van der Waals surface area contributed by atoms with Gasteiger partial charge in [-0.25, -0.2) is 4.98 Å². The van der Waals surface area contributed by atoms with E-state index in [4.69, 9.17) is 4.42 Å². The number of hydrogen-bond acceptors (Lipinski definition) is 3. The first-order chi connectivity index (χ1) is 8.11. The van der Waals surface area contributed by atoms with Gasteiger partial charge in [0.1, 0.15) is 0 Å². The molecule has 0 aliphatic rings. The van der Waals surface area contributed by atoms with Crippen molar-refractivity contribution in [1.29, 1.82) is 0 Å². The van der Waals surface area contributed by atoms with Gasteiger partial charge in [-0.2, -0.15) is 0 Å². The van der Waals surface area contributed by atoms with Gasteiger partial charge >= 0.3 is 0 Å². The van der Waals surface area contributed by atoms with Gasteiger partial charge in [-0.15, -0.1) is 0 Å². The van der Waals surface area contributed by atoms with Crippen molar-refractivity contribution >= 4 is 6.01 Å². The van der Waals surface area contributed by atoms with E-state index in [-0.39, 0.29) is 0 Å². The number of hydrogen-bond donors (Lipinski definition) is 1. The Labute approximate surface area is 102 Å². The van der Waals surface area contributed by atoms with E-state index in [1.807, 2.05) is 0 Å². The number of aromatic nitrogens is 1. The zero-order valence-electron chi connectivity index (χ0n) is 10.7. The normalized spacial score (nSPS) is 10.9. The molecule has 0 bridgehead atoms. The van der Waals surface area contributed by atoms with Gasteiger partial charge in [-0.3, -0.25) is 0 Å². The zero-order chi connectivity index (χ0) is 12.4. The molecular weight excluding hydrogens is 212 g/mol. The lowest BCUT2D eigenvalue weighted by Gasteiger charge is -2.09. The van der Waals surface area contributed by atoms with Crippen LogP contribution < -0.4 is 5.32 Å². The molecule has 0 amide bonds. The molecule has 90 valence electrons. The van der Waals surface area contributed by atoms with E-state index < -0.39 is 0 Å². The Hall–Kier alpha value is -1.77. The van der Waals surface area contributed by atoms with Gasteiger partial charge in [0, 0.05) is 12.6 Å². The summed E-state index contributed by atoms with van der Waals surface area (Å²) in [6, 6.07) is 7.03. The third kappa shape index (κ3) is 2.33. The molecule has 0 atom stereocenters. The highest BCUT2D eigenvalue weighted by molar-refractivity contribution is 5.63.